The van der Waals surface area contributed by atoms with Crippen molar-refractivity contribution in [1.82, 2.24) is 14.5 Å². The number of carbonyl (C=O) groups is 2. The summed E-state index contributed by atoms with van der Waals surface area (Å²) in [6.07, 6.45) is -1.65. The Bertz CT molecular complexity index is 953. The number of likely N-dealkylation sites (N-methyl/N-ethyl adjacent to an activating group) is 1. The van der Waals surface area contributed by atoms with E-state index in [-0.39, 0.29) is 32.8 Å². The average Bonchev–Trinajstić information content (AvgIpc) is 3.11. The smallest absolute Gasteiger partial charge is 0.447 e. The van der Waals surface area contributed by atoms with Crippen LogP contribution in [0.15, 0.2) is 20.9 Å². The molecule has 0 radical (unpaired) electrons. The van der Waals surface area contributed by atoms with Gasteiger partial charge in [-0.2, -0.15) is 0 Å². The quantitative estimate of drug-likeness (QED) is 0.270. The predicted octanol–water partition coefficient (Wildman–Crippen LogP) is 1.05. The third kappa shape index (κ3) is 6.49. The number of carbonyl (C=O) groups excluding carboxylic acids is 2. The lowest BCUT2D eigenvalue weighted by atomic mass is 10.1. The van der Waals surface area contributed by atoms with Crippen molar-refractivity contribution in [2.45, 2.75) is 38.6 Å². The maximum atomic E-state index is 12.1. The molecular weight excluding hydrogens is 416 g/mol. The van der Waals surface area contributed by atoms with Gasteiger partial charge in [-0.3, -0.25) is 14.3 Å². The first-order valence-corrected chi connectivity index (χ1v) is 9.46. The van der Waals surface area contributed by atoms with E-state index >= 15 is 0 Å². The summed E-state index contributed by atoms with van der Waals surface area (Å²) in [6, 6.07) is -0.695. The zero-order valence-electron chi connectivity index (χ0n) is 17.3. The highest BCUT2D eigenvalue weighted by molar-refractivity contribution is 5.67. The van der Waals surface area contributed by atoms with Gasteiger partial charge in [-0.25, -0.2) is 14.4 Å². The van der Waals surface area contributed by atoms with Crippen molar-refractivity contribution in [2.75, 3.05) is 33.4 Å². The van der Waals surface area contributed by atoms with Gasteiger partial charge in [0.15, 0.2) is 0 Å². The number of azide groups is 1. The minimum Gasteiger partial charge on any atom is -0.447 e. The highest BCUT2D eigenvalue weighted by Gasteiger charge is 2.37. The number of aromatic amines is 1. The Kier molecular flexibility index (Phi) is 8.46. The molecule has 2 heterocycles. The lowest BCUT2D eigenvalue weighted by Gasteiger charge is -2.20. The molecule has 3 atom stereocenters. The monoisotopic (exact) mass is 440 g/mol. The van der Waals surface area contributed by atoms with Crippen LogP contribution < -0.4 is 11.2 Å². The number of H-pyrrole nitrogens is 1. The largest absolute Gasteiger partial charge is 0.508 e. The zero-order chi connectivity index (χ0) is 23.0. The highest BCUT2D eigenvalue weighted by atomic mass is 16.7. The fourth-order valence-electron chi connectivity index (χ4n) is 2.80. The van der Waals surface area contributed by atoms with Gasteiger partial charge in [-0.1, -0.05) is 5.11 Å². The molecule has 0 saturated carbocycles. The summed E-state index contributed by atoms with van der Waals surface area (Å²) in [7, 11) is 1.45. The van der Waals surface area contributed by atoms with Crippen molar-refractivity contribution < 1.29 is 28.5 Å². The molecule has 1 unspecified atom stereocenters. The van der Waals surface area contributed by atoms with Crippen molar-refractivity contribution in [1.29, 1.82) is 0 Å². The Morgan fingerprint density at radius 1 is 1.39 bits per heavy atom. The third-order valence-electron chi connectivity index (χ3n) is 4.45. The number of amides is 1. The van der Waals surface area contributed by atoms with Gasteiger partial charge in [0.2, 0.25) is 0 Å². The molecule has 1 aliphatic heterocycles. The Labute approximate surface area is 176 Å². The van der Waals surface area contributed by atoms with Crippen LogP contribution in [-0.4, -0.2) is 72.3 Å². The van der Waals surface area contributed by atoms with E-state index in [1.54, 1.807) is 6.92 Å². The second-order valence-corrected chi connectivity index (χ2v) is 6.65. The zero-order valence-corrected chi connectivity index (χ0v) is 17.3. The minimum atomic E-state index is -0.834. The molecule has 1 aromatic rings. The summed E-state index contributed by atoms with van der Waals surface area (Å²) in [4.78, 5) is 53.0. The molecule has 170 valence electrons. The first-order chi connectivity index (χ1) is 14.8. The molecule has 31 heavy (non-hydrogen) atoms. The summed E-state index contributed by atoms with van der Waals surface area (Å²) in [5.41, 5.74) is 7.94. The average molecular weight is 440 g/mol. The van der Waals surface area contributed by atoms with Crippen LogP contribution in [0.3, 0.4) is 0 Å². The maximum Gasteiger partial charge on any atom is 0.508 e. The molecule has 1 aromatic heterocycles. The molecular formula is C17H24N6O8. The highest BCUT2D eigenvalue weighted by Crippen LogP contribution is 2.30. The number of aromatic nitrogens is 2. The molecule has 1 saturated heterocycles. The van der Waals surface area contributed by atoms with Crippen molar-refractivity contribution in [3.63, 3.8) is 0 Å². The van der Waals surface area contributed by atoms with E-state index in [4.69, 9.17) is 19.7 Å². The molecule has 14 nitrogen and oxygen atoms in total. The second kappa shape index (κ2) is 11.0. The van der Waals surface area contributed by atoms with E-state index in [1.165, 1.54) is 29.6 Å². The summed E-state index contributed by atoms with van der Waals surface area (Å²) in [5.74, 6) is 0. The number of hydrogen-bond donors (Lipinski definition) is 1. The molecule has 1 amide bonds. The Balaban J connectivity index is 1.94. The van der Waals surface area contributed by atoms with Crippen LogP contribution in [0, 0.1) is 6.92 Å². The fourth-order valence-corrected chi connectivity index (χ4v) is 2.80. The van der Waals surface area contributed by atoms with Gasteiger partial charge in [0.25, 0.3) is 5.56 Å². The van der Waals surface area contributed by atoms with Gasteiger partial charge in [0.05, 0.1) is 19.2 Å². The van der Waals surface area contributed by atoms with Crippen LogP contribution in [0.5, 0.6) is 0 Å². The van der Waals surface area contributed by atoms with E-state index in [0.717, 1.165) is 0 Å². The Morgan fingerprint density at radius 3 is 2.81 bits per heavy atom. The van der Waals surface area contributed by atoms with Crippen LogP contribution in [0.4, 0.5) is 9.59 Å². The molecule has 2 rings (SSSR count). The van der Waals surface area contributed by atoms with Gasteiger partial charge in [0.1, 0.15) is 25.5 Å². The van der Waals surface area contributed by atoms with Crippen LogP contribution in [0.25, 0.3) is 10.4 Å². The molecule has 0 bridgehead atoms. The topological polar surface area (TPSA) is 178 Å². The van der Waals surface area contributed by atoms with E-state index in [9.17, 15) is 19.2 Å². The normalized spacial score (nSPS) is 19.9. The Morgan fingerprint density at radius 2 is 2.13 bits per heavy atom. The number of nitrogens with zero attached hydrogens (tertiary/aromatic N) is 5. The molecule has 14 heteroatoms. The van der Waals surface area contributed by atoms with Crippen LogP contribution in [-0.2, 0) is 18.9 Å². The van der Waals surface area contributed by atoms with Crippen molar-refractivity contribution >= 4 is 12.2 Å². The maximum absolute atomic E-state index is 12.1. The van der Waals surface area contributed by atoms with Crippen molar-refractivity contribution in [3.05, 3.63) is 43.0 Å². The molecule has 0 aromatic carbocycles. The van der Waals surface area contributed by atoms with Gasteiger partial charge < -0.3 is 23.8 Å². The first-order valence-electron chi connectivity index (χ1n) is 9.46. The SMILES string of the molecule is CCOC(=O)OCCN(C)C(=O)OCC1O[C@@H](n2cc(C)c(=O)[nH]c2=O)C[C@@H]1N=[N+]=[N-]. The summed E-state index contributed by atoms with van der Waals surface area (Å²) in [5, 5.41) is 3.65. The number of rotatable bonds is 8. The van der Waals surface area contributed by atoms with Gasteiger partial charge >= 0.3 is 17.9 Å². The second-order valence-electron chi connectivity index (χ2n) is 6.65. The Hall–Kier alpha value is -3.51. The van der Waals surface area contributed by atoms with Crippen LogP contribution in [0.2, 0.25) is 0 Å². The molecule has 1 fully saturated rings. The number of aryl methyl sites for hydroxylation is 1. The van der Waals surface area contributed by atoms with Crippen molar-refractivity contribution in [2.24, 2.45) is 5.11 Å². The molecule has 1 aliphatic rings. The summed E-state index contributed by atoms with van der Waals surface area (Å²) in [6.45, 7) is 3.10. The molecule has 0 aliphatic carbocycles. The molecule has 1 N–H and O–H groups in total. The van der Waals surface area contributed by atoms with Crippen LogP contribution >= 0.6 is 0 Å². The number of nitrogens with one attached hydrogen (secondary N) is 1. The van der Waals surface area contributed by atoms with E-state index in [0.29, 0.717) is 5.56 Å². The summed E-state index contributed by atoms with van der Waals surface area (Å²) < 4.78 is 21.5. The number of hydrogen-bond acceptors (Lipinski definition) is 9. The molecule has 0 spiro atoms. The lowest BCUT2D eigenvalue weighted by molar-refractivity contribution is -0.0347. The van der Waals surface area contributed by atoms with Gasteiger partial charge in [0, 0.05) is 30.1 Å². The van der Waals surface area contributed by atoms with E-state index in [1.807, 2.05) is 0 Å². The fraction of sp³-hybridized carbons (Fsp3) is 0.647. The van der Waals surface area contributed by atoms with Gasteiger partial charge in [-0.15, -0.1) is 0 Å². The van der Waals surface area contributed by atoms with E-state index < -0.39 is 41.9 Å². The van der Waals surface area contributed by atoms with Gasteiger partial charge in [-0.05, 0) is 19.4 Å². The predicted molar refractivity (Wildman–Crippen MR) is 104 cm³/mol. The third-order valence-corrected chi connectivity index (χ3v) is 4.45. The van der Waals surface area contributed by atoms with Crippen molar-refractivity contribution in [3.8, 4) is 0 Å². The minimum absolute atomic E-state index is 0.0671. The van der Waals surface area contributed by atoms with Crippen LogP contribution in [0.1, 0.15) is 25.1 Å². The lowest BCUT2D eigenvalue weighted by Crippen LogP contribution is -2.35. The standard InChI is InChI=1S/C17H24N6O8/c1-4-28-17(27)29-6-5-22(3)16(26)30-9-12-11(20-21-18)7-13(31-12)23-8-10(2)14(24)19-15(23)25/h8,11-13H,4-7,9H2,1-3H3,(H,19,24,25)/t11-,12?,13+/m0/s1. The van der Waals surface area contributed by atoms with E-state index in [2.05, 4.69) is 19.7 Å². The summed E-state index contributed by atoms with van der Waals surface area (Å²) >= 11 is 0. The first kappa shape index (κ1) is 23.8. The number of ether oxygens (including phenoxy) is 4.